The second-order valence-electron chi connectivity index (χ2n) is 6.42. The van der Waals surface area contributed by atoms with Crippen LogP contribution in [0.5, 0.6) is 0 Å². The number of aryl methyl sites for hydroxylation is 2. The zero-order valence-electron chi connectivity index (χ0n) is 15.2. The summed E-state index contributed by atoms with van der Waals surface area (Å²) in [5.41, 5.74) is 6.45. The van der Waals surface area contributed by atoms with Crippen molar-refractivity contribution in [1.82, 2.24) is 14.9 Å². The predicted octanol–water partition coefficient (Wildman–Crippen LogP) is 3.55. The van der Waals surface area contributed by atoms with Crippen LogP contribution >= 0.6 is 11.8 Å². The normalized spacial score (nSPS) is 18.4. The van der Waals surface area contributed by atoms with Crippen molar-refractivity contribution in [2.45, 2.75) is 36.7 Å². The van der Waals surface area contributed by atoms with Gasteiger partial charge in [-0.3, -0.25) is 4.79 Å². The van der Waals surface area contributed by atoms with Crippen molar-refractivity contribution in [1.29, 1.82) is 0 Å². The molecule has 2 heterocycles. The number of nitrogens with one attached hydrogen (secondary N) is 2. The highest BCUT2D eigenvalue weighted by molar-refractivity contribution is 8.00. The number of amides is 1. The molecule has 2 aromatic carbocycles. The molecular formula is C20H21N5OS. The van der Waals surface area contributed by atoms with Crippen LogP contribution in [0.4, 0.5) is 5.69 Å². The smallest absolute Gasteiger partial charge is 0.240 e. The molecule has 0 saturated heterocycles. The van der Waals surface area contributed by atoms with Crippen LogP contribution < -0.4 is 10.7 Å². The lowest BCUT2D eigenvalue weighted by atomic mass is 10.0. The average molecular weight is 379 g/mol. The van der Waals surface area contributed by atoms with Crippen molar-refractivity contribution in [2.24, 2.45) is 0 Å². The van der Waals surface area contributed by atoms with Crippen molar-refractivity contribution < 1.29 is 4.79 Å². The number of hydrogen-bond acceptors (Lipinski definition) is 5. The molecule has 7 heteroatoms. The Balaban J connectivity index is 1.66. The van der Waals surface area contributed by atoms with Gasteiger partial charge in [0.15, 0.2) is 0 Å². The molecular weight excluding hydrogens is 358 g/mol. The fraction of sp³-hybridized carbons (Fsp3) is 0.250. The third-order valence-electron chi connectivity index (χ3n) is 4.67. The van der Waals surface area contributed by atoms with Gasteiger partial charge in [0.1, 0.15) is 11.1 Å². The molecule has 1 aliphatic rings. The van der Waals surface area contributed by atoms with E-state index in [0.717, 1.165) is 29.1 Å². The van der Waals surface area contributed by atoms with Crippen LogP contribution in [0.3, 0.4) is 0 Å². The minimum absolute atomic E-state index is 0.0471. The van der Waals surface area contributed by atoms with Gasteiger partial charge >= 0.3 is 0 Å². The zero-order valence-corrected chi connectivity index (χ0v) is 16.0. The summed E-state index contributed by atoms with van der Waals surface area (Å²) in [7, 11) is 0. The first-order valence-corrected chi connectivity index (χ1v) is 9.84. The zero-order chi connectivity index (χ0) is 18.8. The average Bonchev–Trinajstić information content (AvgIpc) is 3.08. The van der Waals surface area contributed by atoms with E-state index >= 15 is 0 Å². The van der Waals surface area contributed by atoms with Gasteiger partial charge in [-0.15, -0.1) is 10.2 Å². The topological polar surface area (TPSA) is 71.8 Å². The van der Waals surface area contributed by atoms with E-state index < -0.39 is 0 Å². The van der Waals surface area contributed by atoms with Crippen molar-refractivity contribution in [3.8, 4) is 0 Å². The first-order chi connectivity index (χ1) is 13.2. The van der Waals surface area contributed by atoms with Crippen LogP contribution in [0.1, 0.15) is 29.9 Å². The van der Waals surface area contributed by atoms with Gasteiger partial charge in [0, 0.05) is 5.69 Å². The summed E-state index contributed by atoms with van der Waals surface area (Å²) in [6.45, 7) is 3.98. The Kier molecular flexibility index (Phi) is 4.85. The summed E-state index contributed by atoms with van der Waals surface area (Å²) in [6, 6.07) is 17.7. The summed E-state index contributed by atoms with van der Waals surface area (Å²) < 4.78 is 1.85. The molecule has 0 spiro atoms. The molecule has 2 atom stereocenters. The minimum atomic E-state index is -0.367. The second-order valence-corrected chi connectivity index (χ2v) is 7.53. The molecule has 0 fully saturated rings. The Morgan fingerprint density at radius 3 is 2.67 bits per heavy atom. The molecule has 1 amide bonds. The molecule has 0 unspecified atom stereocenters. The molecule has 4 rings (SSSR count). The van der Waals surface area contributed by atoms with E-state index in [9.17, 15) is 4.79 Å². The van der Waals surface area contributed by atoms with Crippen LogP contribution in [0.2, 0.25) is 0 Å². The molecule has 138 valence electrons. The van der Waals surface area contributed by atoms with E-state index in [2.05, 4.69) is 27.9 Å². The molecule has 27 heavy (non-hydrogen) atoms. The maximum atomic E-state index is 13.2. The summed E-state index contributed by atoms with van der Waals surface area (Å²) in [4.78, 5) is 13.2. The number of carbonyl (C=O) groups excluding carboxylic acids is 1. The van der Waals surface area contributed by atoms with E-state index in [0.29, 0.717) is 5.16 Å². The predicted molar refractivity (Wildman–Crippen MR) is 107 cm³/mol. The van der Waals surface area contributed by atoms with Gasteiger partial charge in [0.25, 0.3) is 0 Å². The lowest BCUT2D eigenvalue weighted by Crippen LogP contribution is -2.41. The number of benzene rings is 2. The minimum Gasteiger partial charge on any atom is -0.325 e. The van der Waals surface area contributed by atoms with E-state index in [1.165, 1.54) is 11.8 Å². The van der Waals surface area contributed by atoms with Gasteiger partial charge in [0.2, 0.25) is 11.1 Å². The summed E-state index contributed by atoms with van der Waals surface area (Å²) in [5.74, 6) is 0.725. The Bertz CT molecular complexity index is 956. The highest BCUT2D eigenvalue weighted by Gasteiger charge is 2.37. The van der Waals surface area contributed by atoms with Crippen molar-refractivity contribution in [3.05, 3.63) is 71.5 Å². The maximum Gasteiger partial charge on any atom is 0.240 e. The molecule has 1 aromatic heterocycles. The molecule has 0 aliphatic carbocycles. The van der Waals surface area contributed by atoms with E-state index in [4.69, 9.17) is 0 Å². The van der Waals surface area contributed by atoms with Crippen molar-refractivity contribution in [2.75, 3.05) is 10.7 Å². The largest absolute Gasteiger partial charge is 0.325 e. The molecule has 6 nitrogen and oxygen atoms in total. The van der Waals surface area contributed by atoms with Crippen LogP contribution in [0.15, 0.2) is 59.8 Å². The van der Waals surface area contributed by atoms with Gasteiger partial charge in [-0.05, 0) is 30.5 Å². The quantitative estimate of drug-likeness (QED) is 0.725. The van der Waals surface area contributed by atoms with Gasteiger partial charge in [-0.1, -0.05) is 67.2 Å². The molecule has 0 radical (unpaired) electrons. The van der Waals surface area contributed by atoms with Gasteiger partial charge in [-0.2, -0.15) is 0 Å². The highest BCUT2D eigenvalue weighted by Crippen LogP contribution is 2.37. The van der Waals surface area contributed by atoms with Crippen molar-refractivity contribution >= 4 is 23.4 Å². The number of rotatable bonds is 4. The standard InChI is InChI=1S/C20H21N5OS/c1-3-14-9-7-8-12-16(14)21-19(26)18-17(15-10-5-4-6-11-15)24-25-13(2)22-23-20(25)27-18/h4-12,17-18,24H,3H2,1-2H3,(H,21,26)/t17-,18+/m0/s1. The number of anilines is 1. The molecule has 3 aromatic rings. The molecule has 1 aliphatic heterocycles. The fourth-order valence-corrected chi connectivity index (χ4v) is 4.35. The SMILES string of the molecule is CCc1ccccc1NC(=O)[C@@H]1Sc2nnc(C)n2N[C@H]1c1ccccc1. The van der Waals surface area contributed by atoms with Crippen LogP contribution in [-0.4, -0.2) is 26.0 Å². The summed E-state index contributed by atoms with van der Waals surface area (Å²) in [5, 5.41) is 11.8. The first-order valence-electron chi connectivity index (χ1n) is 8.96. The molecule has 0 saturated carbocycles. The lowest BCUT2D eigenvalue weighted by Gasteiger charge is -2.32. The van der Waals surface area contributed by atoms with Crippen molar-refractivity contribution in [3.63, 3.8) is 0 Å². The van der Waals surface area contributed by atoms with Gasteiger partial charge < -0.3 is 10.7 Å². The van der Waals surface area contributed by atoms with Crippen LogP contribution in [0, 0.1) is 6.92 Å². The number of aromatic nitrogens is 3. The monoisotopic (exact) mass is 379 g/mol. The summed E-state index contributed by atoms with van der Waals surface area (Å²) in [6.07, 6.45) is 0.863. The van der Waals surface area contributed by atoms with E-state index in [1.807, 2.05) is 66.2 Å². The van der Waals surface area contributed by atoms with E-state index in [-0.39, 0.29) is 17.2 Å². The number of hydrogen-bond donors (Lipinski definition) is 2. The third-order valence-corrected chi connectivity index (χ3v) is 5.89. The number of nitrogens with zero attached hydrogens (tertiary/aromatic N) is 3. The number of thioether (sulfide) groups is 1. The summed E-state index contributed by atoms with van der Waals surface area (Å²) >= 11 is 1.44. The third kappa shape index (κ3) is 3.42. The maximum absolute atomic E-state index is 13.2. The Labute approximate surface area is 162 Å². The van der Waals surface area contributed by atoms with E-state index in [1.54, 1.807) is 0 Å². The van der Waals surface area contributed by atoms with Crippen LogP contribution in [-0.2, 0) is 11.2 Å². The van der Waals surface area contributed by atoms with Gasteiger partial charge in [-0.25, -0.2) is 4.68 Å². The first kappa shape index (κ1) is 17.6. The molecule has 2 N–H and O–H groups in total. The second kappa shape index (κ2) is 7.44. The Morgan fingerprint density at radius 2 is 1.89 bits per heavy atom. The Morgan fingerprint density at radius 1 is 1.15 bits per heavy atom. The number of carbonyl (C=O) groups is 1. The van der Waals surface area contributed by atoms with Crippen LogP contribution in [0.25, 0.3) is 0 Å². The number of para-hydroxylation sites is 1. The highest BCUT2D eigenvalue weighted by atomic mass is 32.2. The van der Waals surface area contributed by atoms with Gasteiger partial charge in [0.05, 0.1) is 6.04 Å². The lowest BCUT2D eigenvalue weighted by molar-refractivity contribution is -0.116. The Hall–Kier alpha value is -2.80. The number of fused-ring (bicyclic) bond motifs is 1. The fourth-order valence-electron chi connectivity index (χ4n) is 3.23. The molecule has 0 bridgehead atoms.